The van der Waals surface area contributed by atoms with Crippen molar-refractivity contribution in [1.29, 1.82) is 0 Å². The van der Waals surface area contributed by atoms with Crippen molar-refractivity contribution in [2.24, 2.45) is 10.8 Å². The van der Waals surface area contributed by atoms with Gasteiger partial charge in [0.25, 0.3) is 0 Å². The molecule has 1 aliphatic rings. The molecular weight excluding hydrogens is 234 g/mol. The summed E-state index contributed by atoms with van der Waals surface area (Å²) in [4.78, 5) is 14.1. The van der Waals surface area contributed by atoms with Gasteiger partial charge in [-0.2, -0.15) is 0 Å². The van der Waals surface area contributed by atoms with Gasteiger partial charge in [0.2, 0.25) is 0 Å². The van der Waals surface area contributed by atoms with E-state index in [-0.39, 0.29) is 6.04 Å². The molecule has 2 heteroatoms. The van der Waals surface area contributed by atoms with Crippen LogP contribution in [0.5, 0.6) is 0 Å². The lowest BCUT2D eigenvalue weighted by molar-refractivity contribution is -0.121. The van der Waals surface area contributed by atoms with Crippen LogP contribution in [0, 0.1) is 10.8 Å². The summed E-state index contributed by atoms with van der Waals surface area (Å²) in [5.41, 5.74) is 0.790. The average molecular weight is 267 g/mol. The zero-order valence-corrected chi connectivity index (χ0v) is 13.9. The molecule has 112 valence electrons. The second kappa shape index (κ2) is 6.39. The van der Waals surface area contributed by atoms with Crippen molar-refractivity contribution < 1.29 is 4.79 Å². The fourth-order valence-corrected chi connectivity index (χ4v) is 3.64. The van der Waals surface area contributed by atoms with Crippen molar-refractivity contribution in [3.8, 4) is 0 Å². The van der Waals surface area contributed by atoms with Crippen LogP contribution in [0.25, 0.3) is 0 Å². The minimum atomic E-state index is 0.204. The summed E-state index contributed by atoms with van der Waals surface area (Å²) < 4.78 is 0. The number of hydrogen-bond acceptors (Lipinski definition) is 2. The molecule has 2 atom stereocenters. The van der Waals surface area contributed by atoms with E-state index in [9.17, 15) is 4.79 Å². The second-order valence-electron chi connectivity index (χ2n) is 7.96. The first kappa shape index (κ1) is 16.7. The summed E-state index contributed by atoms with van der Waals surface area (Å²) in [5.74, 6) is 0.353. The molecule has 2 unspecified atom stereocenters. The molecule has 0 bridgehead atoms. The van der Waals surface area contributed by atoms with Gasteiger partial charge in [0, 0.05) is 0 Å². The predicted molar refractivity (Wildman–Crippen MR) is 82.4 cm³/mol. The van der Waals surface area contributed by atoms with Crippen molar-refractivity contribution in [2.45, 2.75) is 79.7 Å². The number of rotatable bonds is 6. The minimum Gasteiger partial charge on any atom is -0.298 e. The van der Waals surface area contributed by atoms with Crippen LogP contribution in [0.4, 0.5) is 0 Å². The first-order valence-corrected chi connectivity index (χ1v) is 7.91. The van der Waals surface area contributed by atoms with Gasteiger partial charge in [0.15, 0.2) is 0 Å². The highest BCUT2D eigenvalue weighted by Gasteiger charge is 2.32. The van der Waals surface area contributed by atoms with Gasteiger partial charge in [-0.3, -0.25) is 9.69 Å². The Morgan fingerprint density at radius 1 is 1.26 bits per heavy atom. The van der Waals surface area contributed by atoms with Gasteiger partial charge in [-0.15, -0.1) is 0 Å². The monoisotopic (exact) mass is 267 g/mol. The first-order chi connectivity index (χ1) is 8.67. The molecular formula is C17H33NO. The van der Waals surface area contributed by atoms with Crippen molar-refractivity contribution >= 4 is 5.78 Å². The van der Waals surface area contributed by atoms with E-state index in [1.54, 1.807) is 6.92 Å². The normalized spacial score (nSPS) is 24.4. The minimum absolute atomic E-state index is 0.204. The molecule has 0 aliphatic carbocycles. The van der Waals surface area contributed by atoms with Crippen molar-refractivity contribution in [1.82, 2.24) is 4.90 Å². The summed E-state index contributed by atoms with van der Waals surface area (Å²) in [7, 11) is 0. The molecule has 0 spiro atoms. The van der Waals surface area contributed by atoms with Crippen molar-refractivity contribution in [3.63, 3.8) is 0 Å². The molecule has 1 saturated heterocycles. The largest absolute Gasteiger partial charge is 0.298 e. The number of Topliss-reactive ketones (excluding diaryl/α,β-unsaturated/α-hetero) is 1. The predicted octanol–water partition coefficient (Wildman–Crippen LogP) is 4.28. The van der Waals surface area contributed by atoms with Crippen LogP contribution in [0.15, 0.2) is 0 Å². The fraction of sp³-hybridized carbons (Fsp3) is 0.941. The fourth-order valence-electron chi connectivity index (χ4n) is 3.64. The second-order valence-corrected chi connectivity index (χ2v) is 7.96. The van der Waals surface area contributed by atoms with E-state index in [1.807, 2.05) is 0 Å². The van der Waals surface area contributed by atoms with E-state index >= 15 is 0 Å². The summed E-state index contributed by atoms with van der Waals surface area (Å²) in [6.07, 6.45) is 5.95. The average Bonchev–Trinajstić information content (AvgIpc) is 2.72. The Morgan fingerprint density at radius 2 is 1.89 bits per heavy atom. The van der Waals surface area contributed by atoms with Crippen LogP contribution in [-0.2, 0) is 4.79 Å². The Hall–Kier alpha value is -0.370. The molecule has 1 fully saturated rings. The molecule has 0 aromatic carbocycles. The van der Waals surface area contributed by atoms with E-state index in [4.69, 9.17) is 0 Å². The highest BCUT2D eigenvalue weighted by molar-refractivity contribution is 5.81. The highest BCUT2D eigenvalue weighted by atomic mass is 16.1. The Morgan fingerprint density at radius 3 is 2.37 bits per heavy atom. The zero-order valence-electron chi connectivity index (χ0n) is 13.9. The van der Waals surface area contributed by atoms with Gasteiger partial charge in [-0.05, 0) is 56.5 Å². The van der Waals surface area contributed by atoms with Gasteiger partial charge >= 0.3 is 0 Å². The van der Waals surface area contributed by atoms with E-state index in [0.29, 0.717) is 16.6 Å². The van der Waals surface area contributed by atoms with Gasteiger partial charge in [-0.25, -0.2) is 0 Å². The maximum Gasteiger partial charge on any atom is 0.146 e. The lowest BCUT2D eigenvalue weighted by Gasteiger charge is -2.37. The van der Waals surface area contributed by atoms with E-state index in [2.05, 4.69) is 39.5 Å². The first-order valence-electron chi connectivity index (χ1n) is 7.91. The quantitative estimate of drug-likeness (QED) is 0.716. The Kier molecular flexibility index (Phi) is 5.61. The van der Waals surface area contributed by atoms with Gasteiger partial charge in [-0.1, -0.05) is 41.0 Å². The third-order valence-electron chi connectivity index (χ3n) is 4.65. The number of nitrogens with zero attached hydrogens (tertiary/aromatic N) is 1. The smallest absolute Gasteiger partial charge is 0.146 e. The van der Waals surface area contributed by atoms with Crippen LogP contribution in [0.2, 0.25) is 0 Å². The molecule has 1 aliphatic heterocycles. The summed E-state index contributed by atoms with van der Waals surface area (Å²) in [6.45, 7) is 15.6. The number of likely N-dealkylation sites (tertiary alicyclic amines) is 1. The molecule has 0 amide bonds. The van der Waals surface area contributed by atoms with Crippen LogP contribution in [-0.4, -0.2) is 29.8 Å². The Labute approximate surface area is 119 Å². The Bertz CT molecular complexity index is 305. The third kappa shape index (κ3) is 5.25. The maximum atomic E-state index is 11.6. The SMILES string of the molecule is CCC(C)(CCN1CCCC1C(C)=O)CC(C)(C)C. The lowest BCUT2D eigenvalue weighted by atomic mass is 9.71. The molecule has 0 saturated carbocycles. The molecule has 1 heterocycles. The topological polar surface area (TPSA) is 20.3 Å². The van der Waals surface area contributed by atoms with Crippen LogP contribution >= 0.6 is 0 Å². The molecule has 2 nitrogen and oxygen atoms in total. The molecule has 0 aromatic heterocycles. The van der Waals surface area contributed by atoms with Crippen LogP contribution in [0.1, 0.15) is 73.6 Å². The lowest BCUT2D eigenvalue weighted by Crippen LogP contribution is -2.38. The number of ketones is 1. The standard InChI is InChI=1S/C17H33NO/c1-7-17(6,13-16(3,4)5)10-12-18-11-8-9-15(18)14(2)19/h15H,7-13H2,1-6H3. The molecule has 0 aromatic rings. The van der Waals surface area contributed by atoms with E-state index in [0.717, 1.165) is 19.5 Å². The highest BCUT2D eigenvalue weighted by Crippen LogP contribution is 2.39. The van der Waals surface area contributed by atoms with Gasteiger partial charge in [0.05, 0.1) is 6.04 Å². The van der Waals surface area contributed by atoms with Gasteiger partial charge < -0.3 is 0 Å². The molecule has 0 N–H and O–H groups in total. The Balaban J connectivity index is 2.55. The summed E-state index contributed by atoms with van der Waals surface area (Å²) in [5, 5.41) is 0. The zero-order chi connectivity index (χ0) is 14.7. The van der Waals surface area contributed by atoms with Crippen LogP contribution in [0.3, 0.4) is 0 Å². The van der Waals surface area contributed by atoms with Crippen molar-refractivity contribution in [2.75, 3.05) is 13.1 Å². The molecule has 0 radical (unpaired) electrons. The number of carbonyl (C=O) groups excluding carboxylic acids is 1. The summed E-state index contributed by atoms with van der Waals surface area (Å²) >= 11 is 0. The van der Waals surface area contributed by atoms with Crippen molar-refractivity contribution in [3.05, 3.63) is 0 Å². The summed E-state index contributed by atoms with van der Waals surface area (Å²) in [6, 6.07) is 0.204. The van der Waals surface area contributed by atoms with E-state index < -0.39 is 0 Å². The van der Waals surface area contributed by atoms with E-state index in [1.165, 1.54) is 25.7 Å². The number of hydrogen-bond donors (Lipinski definition) is 0. The number of carbonyl (C=O) groups is 1. The van der Waals surface area contributed by atoms with Crippen LogP contribution < -0.4 is 0 Å². The maximum absolute atomic E-state index is 11.6. The van der Waals surface area contributed by atoms with Gasteiger partial charge in [0.1, 0.15) is 5.78 Å². The molecule has 19 heavy (non-hydrogen) atoms. The molecule has 1 rings (SSSR count). The third-order valence-corrected chi connectivity index (χ3v) is 4.65.